The van der Waals surface area contributed by atoms with Gasteiger partial charge in [0.25, 0.3) is 0 Å². The summed E-state index contributed by atoms with van der Waals surface area (Å²) in [6.45, 7) is 1.15. The number of ether oxygens (including phenoxy) is 2. The Morgan fingerprint density at radius 3 is 2.46 bits per heavy atom. The maximum atomic E-state index is 13.2. The SMILES string of the molecule is COc1cccc([C@@](C)(COc2ccc3c(cnn3-c3ccc(F)cc3)c2)NC(=O)C(F)(F)F)c1. The van der Waals surface area contributed by atoms with Gasteiger partial charge in [-0.2, -0.15) is 18.3 Å². The molecule has 0 spiro atoms. The van der Waals surface area contributed by atoms with Crippen LogP contribution in [0.2, 0.25) is 0 Å². The number of carbonyl (C=O) groups excluding carboxylic acids is 1. The van der Waals surface area contributed by atoms with Gasteiger partial charge in [-0.3, -0.25) is 4.79 Å². The molecule has 0 aliphatic carbocycles. The Bertz CT molecular complexity index is 1350. The van der Waals surface area contributed by atoms with Gasteiger partial charge in [-0.1, -0.05) is 12.1 Å². The lowest BCUT2D eigenvalue weighted by Crippen LogP contribution is -2.52. The number of carbonyl (C=O) groups is 1. The first-order chi connectivity index (χ1) is 16.6. The molecule has 1 aromatic heterocycles. The Morgan fingerprint density at radius 2 is 1.77 bits per heavy atom. The third-order valence-electron chi connectivity index (χ3n) is 5.49. The number of amides is 1. The maximum Gasteiger partial charge on any atom is 0.471 e. The number of alkyl halides is 3. The van der Waals surface area contributed by atoms with Crippen molar-refractivity contribution in [3.8, 4) is 17.2 Å². The zero-order chi connectivity index (χ0) is 25.2. The third kappa shape index (κ3) is 5.21. The van der Waals surface area contributed by atoms with E-state index in [2.05, 4.69) is 5.10 Å². The highest BCUT2D eigenvalue weighted by Crippen LogP contribution is 2.29. The van der Waals surface area contributed by atoms with E-state index in [1.54, 1.807) is 59.4 Å². The first-order valence-electron chi connectivity index (χ1n) is 10.5. The number of nitrogens with one attached hydrogen (secondary N) is 1. The number of aromatic nitrogens is 2. The molecule has 0 unspecified atom stereocenters. The predicted molar refractivity (Wildman–Crippen MR) is 121 cm³/mol. The van der Waals surface area contributed by atoms with Crippen LogP contribution < -0.4 is 14.8 Å². The summed E-state index contributed by atoms with van der Waals surface area (Å²) in [5.74, 6) is -1.66. The van der Waals surface area contributed by atoms with Crippen molar-refractivity contribution in [2.24, 2.45) is 0 Å². The normalized spacial score (nSPS) is 13.3. The Morgan fingerprint density at radius 1 is 1.03 bits per heavy atom. The van der Waals surface area contributed by atoms with Gasteiger partial charge in [0.2, 0.25) is 0 Å². The number of fused-ring (bicyclic) bond motifs is 1. The molecule has 4 rings (SSSR count). The van der Waals surface area contributed by atoms with Crippen LogP contribution in [0.15, 0.2) is 72.9 Å². The van der Waals surface area contributed by atoms with Crippen LogP contribution in [0.25, 0.3) is 16.6 Å². The molecule has 0 radical (unpaired) electrons. The molecule has 0 saturated heterocycles. The number of halogens is 4. The monoisotopic (exact) mass is 487 g/mol. The highest BCUT2D eigenvalue weighted by molar-refractivity contribution is 5.83. The Balaban J connectivity index is 1.60. The largest absolute Gasteiger partial charge is 0.497 e. The number of nitrogens with zero attached hydrogens (tertiary/aromatic N) is 2. The quantitative estimate of drug-likeness (QED) is 0.367. The molecule has 0 aliphatic rings. The fraction of sp³-hybridized carbons (Fsp3) is 0.200. The van der Waals surface area contributed by atoms with Gasteiger partial charge in [0.15, 0.2) is 0 Å². The van der Waals surface area contributed by atoms with Gasteiger partial charge >= 0.3 is 12.1 Å². The number of hydrogen-bond acceptors (Lipinski definition) is 4. The summed E-state index contributed by atoms with van der Waals surface area (Å²) in [6, 6.07) is 17.3. The minimum absolute atomic E-state index is 0.292. The summed E-state index contributed by atoms with van der Waals surface area (Å²) in [5.41, 5.74) is 0.245. The predicted octanol–water partition coefficient (Wildman–Crippen LogP) is 5.15. The van der Waals surface area contributed by atoms with Crippen molar-refractivity contribution in [2.75, 3.05) is 13.7 Å². The molecule has 0 saturated carbocycles. The van der Waals surface area contributed by atoms with Gasteiger partial charge in [0.1, 0.15) is 23.9 Å². The molecular formula is C25H21F4N3O3. The zero-order valence-electron chi connectivity index (χ0n) is 18.8. The highest BCUT2D eigenvalue weighted by Gasteiger charge is 2.43. The van der Waals surface area contributed by atoms with E-state index in [9.17, 15) is 22.4 Å². The van der Waals surface area contributed by atoms with E-state index < -0.39 is 17.6 Å². The van der Waals surface area contributed by atoms with Crippen LogP contribution in [-0.2, 0) is 10.3 Å². The summed E-state index contributed by atoms with van der Waals surface area (Å²) in [5, 5.41) is 7.07. The van der Waals surface area contributed by atoms with Gasteiger partial charge in [0, 0.05) is 5.39 Å². The zero-order valence-corrected chi connectivity index (χ0v) is 18.8. The fourth-order valence-electron chi connectivity index (χ4n) is 3.60. The number of rotatable bonds is 7. The molecule has 6 nitrogen and oxygen atoms in total. The lowest BCUT2D eigenvalue weighted by atomic mass is 9.92. The van der Waals surface area contributed by atoms with E-state index in [0.29, 0.717) is 28.1 Å². The molecule has 0 bridgehead atoms. The Labute approximate surface area is 198 Å². The van der Waals surface area contributed by atoms with Crippen LogP contribution >= 0.6 is 0 Å². The van der Waals surface area contributed by atoms with E-state index in [-0.39, 0.29) is 12.4 Å². The van der Waals surface area contributed by atoms with Gasteiger partial charge in [0.05, 0.1) is 30.0 Å². The number of hydrogen-bond donors (Lipinski definition) is 1. The van der Waals surface area contributed by atoms with Crippen molar-refractivity contribution in [1.82, 2.24) is 15.1 Å². The van der Waals surface area contributed by atoms with E-state index in [4.69, 9.17) is 9.47 Å². The fourth-order valence-corrected chi connectivity index (χ4v) is 3.60. The smallest absolute Gasteiger partial charge is 0.471 e. The van der Waals surface area contributed by atoms with Gasteiger partial charge < -0.3 is 14.8 Å². The molecule has 35 heavy (non-hydrogen) atoms. The molecule has 0 fully saturated rings. The van der Waals surface area contributed by atoms with Crippen LogP contribution in [0.4, 0.5) is 17.6 Å². The van der Waals surface area contributed by atoms with E-state index in [1.165, 1.54) is 32.2 Å². The molecule has 1 N–H and O–H groups in total. The van der Waals surface area contributed by atoms with Crippen molar-refractivity contribution < 1.29 is 31.8 Å². The molecule has 1 heterocycles. The van der Waals surface area contributed by atoms with E-state index in [0.717, 1.165) is 5.52 Å². The Hall–Kier alpha value is -4.08. The molecule has 10 heteroatoms. The van der Waals surface area contributed by atoms with E-state index >= 15 is 0 Å². The van der Waals surface area contributed by atoms with Crippen molar-refractivity contribution in [3.63, 3.8) is 0 Å². The van der Waals surface area contributed by atoms with Crippen LogP contribution in [0.1, 0.15) is 12.5 Å². The van der Waals surface area contributed by atoms with Gasteiger partial charge in [-0.25, -0.2) is 9.07 Å². The van der Waals surface area contributed by atoms with Crippen LogP contribution in [0.3, 0.4) is 0 Å². The number of benzene rings is 3. The standard InChI is InChI=1S/C25H21F4N3O3/c1-24(31-23(33)25(27,28)29,17-4-3-5-20(13-17)34-2)15-35-21-10-11-22-16(12-21)14-30-32(22)19-8-6-18(26)7-9-19/h3-14H,15H2,1-2H3,(H,31,33)/t24-/m1/s1. The second kappa shape index (κ2) is 9.28. The minimum atomic E-state index is -5.06. The lowest BCUT2D eigenvalue weighted by molar-refractivity contribution is -0.176. The van der Waals surface area contributed by atoms with Crippen LogP contribution in [0, 0.1) is 5.82 Å². The summed E-state index contributed by atoms with van der Waals surface area (Å²) in [4.78, 5) is 11.8. The molecule has 3 aromatic carbocycles. The second-order valence-electron chi connectivity index (χ2n) is 8.06. The van der Waals surface area contributed by atoms with Gasteiger partial charge in [-0.15, -0.1) is 0 Å². The molecule has 0 aliphatic heterocycles. The summed E-state index contributed by atoms with van der Waals surface area (Å²) < 4.78 is 65.0. The van der Waals surface area contributed by atoms with Crippen LogP contribution in [0.5, 0.6) is 11.5 Å². The first-order valence-corrected chi connectivity index (χ1v) is 10.5. The van der Waals surface area contributed by atoms with Crippen LogP contribution in [-0.4, -0.2) is 35.6 Å². The van der Waals surface area contributed by atoms with Crippen molar-refractivity contribution >= 4 is 16.8 Å². The summed E-state index contributed by atoms with van der Waals surface area (Å²) in [6.07, 6.45) is -3.47. The molecule has 1 amide bonds. The lowest BCUT2D eigenvalue weighted by Gasteiger charge is -2.32. The van der Waals surface area contributed by atoms with Crippen molar-refractivity contribution in [3.05, 3.63) is 84.3 Å². The molecular weight excluding hydrogens is 466 g/mol. The number of methoxy groups -OCH3 is 1. The van der Waals surface area contributed by atoms with Crippen molar-refractivity contribution in [1.29, 1.82) is 0 Å². The first kappa shape index (κ1) is 24.1. The minimum Gasteiger partial charge on any atom is -0.497 e. The Kier molecular flexibility index (Phi) is 6.38. The average molecular weight is 487 g/mol. The maximum absolute atomic E-state index is 13.2. The molecule has 4 aromatic rings. The second-order valence-corrected chi connectivity index (χ2v) is 8.06. The van der Waals surface area contributed by atoms with Crippen molar-refractivity contribution in [2.45, 2.75) is 18.6 Å². The topological polar surface area (TPSA) is 65.4 Å². The summed E-state index contributed by atoms with van der Waals surface area (Å²) >= 11 is 0. The third-order valence-corrected chi connectivity index (χ3v) is 5.49. The van der Waals surface area contributed by atoms with E-state index in [1.807, 2.05) is 5.32 Å². The molecule has 182 valence electrons. The highest BCUT2D eigenvalue weighted by atomic mass is 19.4. The molecule has 1 atom stereocenters. The van der Waals surface area contributed by atoms with Gasteiger partial charge in [-0.05, 0) is 67.1 Å². The average Bonchev–Trinajstić information content (AvgIpc) is 3.26. The summed E-state index contributed by atoms with van der Waals surface area (Å²) in [7, 11) is 1.43.